The summed E-state index contributed by atoms with van der Waals surface area (Å²) >= 11 is 0. The molecule has 2 aliphatic rings. The molecule has 16 heavy (non-hydrogen) atoms. The van der Waals surface area contributed by atoms with Crippen LogP contribution < -0.4 is 5.73 Å². The van der Waals surface area contributed by atoms with Crippen LogP contribution in [0, 0.1) is 17.8 Å². The van der Waals surface area contributed by atoms with Gasteiger partial charge in [0.1, 0.15) is 0 Å². The SMILES string of the molecule is CC(C)C1CCC(N)C(CN(C)C2CC2)C1. The maximum Gasteiger partial charge on any atom is 0.00934 e. The fraction of sp³-hybridized carbons (Fsp3) is 1.00. The summed E-state index contributed by atoms with van der Waals surface area (Å²) in [6.07, 6.45) is 6.77. The average Bonchev–Trinajstić information content (AvgIpc) is 3.04. The minimum Gasteiger partial charge on any atom is -0.327 e. The van der Waals surface area contributed by atoms with E-state index in [1.807, 2.05) is 0 Å². The minimum atomic E-state index is 0.455. The van der Waals surface area contributed by atoms with Crippen molar-refractivity contribution in [2.75, 3.05) is 13.6 Å². The Bertz CT molecular complexity index is 221. The lowest BCUT2D eigenvalue weighted by Gasteiger charge is -2.38. The molecule has 94 valence electrons. The smallest absolute Gasteiger partial charge is 0.00934 e. The zero-order valence-electron chi connectivity index (χ0n) is 11.2. The summed E-state index contributed by atoms with van der Waals surface area (Å²) in [6, 6.07) is 1.34. The second-order valence-electron chi connectivity index (χ2n) is 6.41. The van der Waals surface area contributed by atoms with Crippen LogP contribution in [0.25, 0.3) is 0 Å². The fourth-order valence-electron chi connectivity index (χ4n) is 3.17. The molecule has 0 bridgehead atoms. The molecule has 2 fully saturated rings. The number of rotatable bonds is 4. The maximum atomic E-state index is 6.28. The van der Waals surface area contributed by atoms with Gasteiger partial charge in [0.15, 0.2) is 0 Å². The summed E-state index contributed by atoms with van der Waals surface area (Å²) in [5, 5.41) is 0. The van der Waals surface area contributed by atoms with E-state index in [0.717, 1.165) is 23.8 Å². The van der Waals surface area contributed by atoms with Crippen molar-refractivity contribution in [3.63, 3.8) is 0 Å². The third-order valence-electron chi connectivity index (χ3n) is 4.72. The van der Waals surface area contributed by atoms with E-state index in [2.05, 4.69) is 25.8 Å². The predicted octanol–water partition coefficient (Wildman–Crippen LogP) is 2.48. The van der Waals surface area contributed by atoms with Gasteiger partial charge in [-0.3, -0.25) is 0 Å². The maximum absolute atomic E-state index is 6.28. The Labute approximate surface area is 101 Å². The van der Waals surface area contributed by atoms with Gasteiger partial charge in [-0.25, -0.2) is 0 Å². The second kappa shape index (κ2) is 5.05. The van der Waals surface area contributed by atoms with Gasteiger partial charge in [0.25, 0.3) is 0 Å². The highest BCUT2D eigenvalue weighted by molar-refractivity contribution is 4.89. The molecule has 0 aromatic rings. The molecular formula is C14H28N2. The topological polar surface area (TPSA) is 29.3 Å². The standard InChI is InChI=1S/C14H28N2/c1-10(2)11-4-7-14(15)12(8-11)9-16(3)13-5-6-13/h10-14H,4-9,15H2,1-3H3. The third kappa shape index (κ3) is 2.98. The molecule has 2 heteroatoms. The van der Waals surface area contributed by atoms with Gasteiger partial charge in [0.2, 0.25) is 0 Å². The second-order valence-corrected chi connectivity index (χ2v) is 6.41. The molecule has 0 spiro atoms. The Morgan fingerprint density at radius 2 is 1.88 bits per heavy atom. The Kier molecular flexibility index (Phi) is 3.91. The van der Waals surface area contributed by atoms with Crippen molar-refractivity contribution in [3.05, 3.63) is 0 Å². The fourth-order valence-corrected chi connectivity index (χ4v) is 3.17. The first-order valence-corrected chi connectivity index (χ1v) is 7.03. The molecule has 0 radical (unpaired) electrons. The Morgan fingerprint density at radius 3 is 2.44 bits per heavy atom. The lowest BCUT2D eigenvalue weighted by Crippen LogP contribution is -2.43. The molecule has 2 N–H and O–H groups in total. The lowest BCUT2D eigenvalue weighted by molar-refractivity contribution is 0.147. The summed E-state index contributed by atoms with van der Waals surface area (Å²) in [6.45, 7) is 5.96. The van der Waals surface area contributed by atoms with Crippen LogP contribution in [0.1, 0.15) is 46.0 Å². The summed E-state index contributed by atoms with van der Waals surface area (Å²) in [5.41, 5.74) is 6.28. The van der Waals surface area contributed by atoms with Gasteiger partial charge in [0.05, 0.1) is 0 Å². The molecule has 2 rings (SSSR count). The van der Waals surface area contributed by atoms with E-state index in [1.165, 1.54) is 38.6 Å². The highest BCUT2D eigenvalue weighted by Gasteiger charge is 2.33. The third-order valence-corrected chi connectivity index (χ3v) is 4.72. The first kappa shape index (κ1) is 12.4. The molecule has 0 aromatic carbocycles. The number of hydrogen-bond donors (Lipinski definition) is 1. The van der Waals surface area contributed by atoms with Crippen molar-refractivity contribution in [3.8, 4) is 0 Å². The van der Waals surface area contributed by atoms with E-state index in [-0.39, 0.29) is 0 Å². The summed E-state index contributed by atoms with van der Waals surface area (Å²) < 4.78 is 0. The predicted molar refractivity (Wildman–Crippen MR) is 69.3 cm³/mol. The molecule has 2 saturated carbocycles. The molecule has 3 atom stereocenters. The van der Waals surface area contributed by atoms with Crippen molar-refractivity contribution in [2.45, 2.75) is 58.0 Å². The van der Waals surface area contributed by atoms with E-state index in [4.69, 9.17) is 5.73 Å². The van der Waals surface area contributed by atoms with Gasteiger partial charge in [-0.05, 0) is 56.9 Å². The van der Waals surface area contributed by atoms with Gasteiger partial charge < -0.3 is 10.6 Å². The first-order chi connectivity index (χ1) is 7.58. The molecule has 0 saturated heterocycles. The van der Waals surface area contributed by atoms with Gasteiger partial charge in [-0.1, -0.05) is 13.8 Å². The van der Waals surface area contributed by atoms with Crippen molar-refractivity contribution in [1.29, 1.82) is 0 Å². The van der Waals surface area contributed by atoms with Crippen molar-refractivity contribution in [2.24, 2.45) is 23.5 Å². The monoisotopic (exact) mass is 224 g/mol. The Hall–Kier alpha value is -0.0800. The minimum absolute atomic E-state index is 0.455. The van der Waals surface area contributed by atoms with Crippen LogP contribution in [0.3, 0.4) is 0 Å². The summed E-state index contributed by atoms with van der Waals surface area (Å²) in [7, 11) is 2.28. The normalized spacial score (nSPS) is 36.0. The van der Waals surface area contributed by atoms with Crippen LogP contribution in [-0.4, -0.2) is 30.6 Å². The molecular weight excluding hydrogens is 196 g/mol. The average molecular weight is 224 g/mol. The van der Waals surface area contributed by atoms with E-state index >= 15 is 0 Å². The lowest BCUT2D eigenvalue weighted by atomic mass is 9.74. The van der Waals surface area contributed by atoms with Crippen LogP contribution >= 0.6 is 0 Å². The Morgan fingerprint density at radius 1 is 1.19 bits per heavy atom. The number of nitrogens with zero attached hydrogens (tertiary/aromatic N) is 1. The van der Waals surface area contributed by atoms with Crippen LogP contribution in [0.15, 0.2) is 0 Å². The summed E-state index contributed by atoms with van der Waals surface area (Å²) in [5.74, 6) is 2.49. The van der Waals surface area contributed by atoms with Crippen molar-refractivity contribution in [1.82, 2.24) is 4.90 Å². The van der Waals surface area contributed by atoms with Crippen LogP contribution in [0.4, 0.5) is 0 Å². The van der Waals surface area contributed by atoms with Gasteiger partial charge in [0, 0.05) is 18.6 Å². The zero-order chi connectivity index (χ0) is 11.7. The van der Waals surface area contributed by atoms with E-state index in [1.54, 1.807) is 0 Å². The van der Waals surface area contributed by atoms with Gasteiger partial charge in [-0.15, -0.1) is 0 Å². The largest absolute Gasteiger partial charge is 0.327 e. The van der Waals surface area contributed by atoms with E-state index in [0.29, 0.717) is 6.04 Å². The molecule has 0 amide bonds. The molecule has 0 heterocycles. The summed E-state index contributed by atoms with van der Waals surface area (Å²) in [4.78, 5) is 2.55. The van der Waals surface area contributed by atoms with Crippen molar-refractivity contribution >= 4 is 0 Å². The highest BCUT2D eigenvalue weighted by atomic mass is 15.2. The zero-order valence-corrected chi connectivity index (χ0v) is 11.2. The van der Waals surface area contributed by atoms with Gasteiger partial charge in [-0.2, -0.15) is 0 Å². The number of nitrogens with two attached hydrogens (primary N) is 1. The van der Waals surface area contributed by atoms with Crippen molar-refractivity contribution < 1.29 is 0 Å². The van der Waals surface area contributed by atoms with Gasteiger partial charge >= 0.3 is 0 Å². The highest BCUT2D eigenvalue weighted by Crippen LogP contribution is 2.35. The van der Waals surface area contributed by atoms with Crippen LogP contribution in [-0.2, 0) is 0 Å². The Balaban J connectivity index is 1.85. The quantitative estimate of drug-likeness (QED) is 0.795. The first-order valence-electron chi connectivity index (χ1n) is 7.03. The molecule has 2 nitrogen and oxygen atoms in total. The van der Waals surface area contributed by atoms with E-state index in [9.17, 15) is 0 Å². The van der Waals surface area contributed by atoms with Crippen LogP contribution in [0.2, 0.25) is 0 Å². The molecule has 3 unspecified atom stereocenters. The van der Waals surface area contributed by atoms with E-state index < -0.39 is 0 Å². The molecule has 2 aliphatic carbocycles. The molecule has 0 aromatic heterocycles. The molecule has 0 aliphatic heterocycles. The number of hydrogen-bond acceptors (Lipinski definition) is 2. The van der Waals surface area contributed by atoms with Crippen LogP contribution in [0.5, 0.6) is 0 Å².